The Hall–Kier alpha value is -1.06. The van der Waals surface area contributed by atoms with Gasteiger partial charge in [0, 0.05) is 12.4 Å². The van der Waals surface area contributed by atoms with Crippen LogP contribution in [0.3, 0.4) is 0 Å². The molecule has 2 heterocycles. The molecule has 0 radical (unpaired) electrons. The second-order valence-electron chi connectivity index (χ2n) is 2.48. The predicted octanol–water partition coefficient (Wildman–Crippen LogP) is 1.48. The van der Waals surface area contributed by atoms with Crippen LogP contribution in [0.2, 0.25) is 5.02 Å². The minimum atomic E-state index is -0.0575. The predicted molar refractivity (Wildman–Crippen MR) is 46.1 cm³/mol. The van der Waals surface area contributed by atoms with Gasteiger partial charge >= 0.3 is 0 Å². The number of halogens is 1. The van der Waals surface area contributed by atoms with E-state index in [1.54, 1.807) is 16.7 Å². The van der Waals surface area contributed by atoms with Gasteiger partial charge in [-0.25, -0.2) is 4.98 Å². The Bertz CT molecular complexity index is 410. The van der Waals surface area contributed by atoms with Crippen molar-refractivity contribution in [3.05, 3.63) is 35.2 Å². The Labute approximate surface area is 74.2 Å². The fraction of sp³-hybridized carbons (Fsp3) is 0.125. The number of aliphatic hydroxyl groups is 1. The van der Waals surface area contributed by atoms with Crippen molar-refractivity contribution in [2.75, 3.05) is 0 Å². The summed E-state index contributed by atoms with van der Waals surface area (Å²) in [6.45, 7) is -0.0575. The number of hydrogen-bond acceptors (Lipinski definition) is 2. The number of imidazole rings is 1. The van der Waals surface area contributed by atoms with Crippen molar-refractivity contribution in [3.63, 3.8) is 0 Å². The molecule has 0 aliphatic heterocycles. The Morgan fingerprint density at radius 1 is 1.58 bits per heavy atom. The largest absolute Gasteiger partial charge is 0.390 e. The molecule has 0 fully saturated rings. The van der Waals surface area contributed by atoms with Crippen LogP contribution in [0.15, 0.2) is 24.5 Å². The van der Waals surface area contributed by atoms with Gasteiger partial charge in [0.2, 0.25) is 0 Å². The number of rotatable bonds is 1. The zero-order valence-electron chi connectivity index (χ0n) is 6.24. The lowest BCUT2D eigenvalue weighted by Gasteiger charge is -1.92. The lowest BCUT2D eigenvalue weighted by atomic mass is 10.5. The summed E-state index contributed by atoms with van der Waals surface area (Å²) in [5.41, 5.74) is 1.31. The first-order valence-electron chi connectivity index (χ1n) is 3.54. The van der Waals surface area contributed by atoms with Crippen molar-refractivity contribution in [3.8, 4) is 0 Å². The fourth-order valence-electron chi connectivity index (χ4n) is 1.11. The molecule has 0 atom stereocenters. The molecule has 0 bridgehead atoms. The highest BCUT2D eigenvalue weighted by molar-refractivity contribution is 6.33. The molecular formula is C8H7ClN2O. The zero-order valence-corrected chi connectivity index (χ0v) is 6.99. The number of fused-ring (bicyclic) bond motifs is 1. The molecule has 2 aromatic heterocycles. The first-order chi connectivity index (χ1) is 5.81. The second-order valence-corrected chi connectivity index (χ2v) is 2.88. The third kappa shape index (κ3) is 1.07. The molecule has 0 saturated carbocycles. The molecule has 4 heteroatoms. The van der Waals surface area contributed by atoms with E-state index in [-0.39, 0.29) is 6.61 Å². The molecule has 0 saturated heterocycles. The Morgan fingerprint density at radius 3 is 3.08 bits per heavy atom. The van der Waals surface area contributed by atoms with Gasteiger partial charge in [0.05, 0.1) is 17.3 Å². The maximum Gasteiger partial charge on any atom is 0.155 e. The second kappa shape index (κ2) is 2.77. The van der Waals surface area contributed by atoms with Crippen molar-refractivity contribution in [2.24, 2.45) is 0 Å². The average Bonchev–Trinajstić information content (AvgIpc) is 2.49. The molecule has 0 unspecified atom stereocenters. The van der Waals surface area contributed by atoms with E-state index in [1.165, 1.54) is 0 Å². The number of aliphatic hydroxyl groups excluding tert-OH is 1. The van der Waals surface area contributed by atoms with Gasteiger partial charge < -0.3 is 9.51 Å². The minimum absolute atomic E-state index is 0.0575. The fourth-order valence-corrected chi connectivity index (χ4v) is 1.32. The highest BCUT2D eigenvalue weighted by atomic mass is 35.5. The Kier molecular flexibility index (Phi) is 1.75. The van der Waals surface area contributed by atoms with Crippen LogP contribution in [-0.4, -0.2) is 14.5 Å². The van der Waals surface area contributed by atoms with Crippen LogP contribution in [0.1, 0.15) is 5.69 Å². The van der Waals surface area contributed by atoms with Gasteiger partial charge in [-0.1, -0.05) is 11.6 Å². The zero-order chi connectivity index (χ0) is 8.55. The van der Waals surface area contributed by atoms with Crippen LogP contribution in [0.4, 0.5) is 0 Å². The monoisotopic (exact) mass is 182 g/mol. The molecule has 62 valence electrons. The summed E-state index contributed by atoms with van der Waals surface area (Å²) in [4.78, 5) is 4.11. The number of nitrogens with zero attached hydrogens (tertiary/aromatic N) is 2. The van der Waals surface area contributed by atoms with Crippen LogP contribution in [0.5, 0.6) is 0 Å². The van der Waals surface area contributed by atoms with E-state index in [9.17, 15) is 0 Å². The lowest BCUT2D eigenvalue weighted by molar-refractivity contribution is 0.277. The van der Waals surface area contributed by atoms with Gasteiger partial charge in [0.1, 0.15) is 0 Å². The average molecular weight is 183 g/mol. The maximum absolute atomic E-state index is 8.81. The summed E-state index contributed by atoms with van der Waals surface area (Å²) in [6.07, 6.45) is 3.59. The number of pyridine rings is 1. The van der Waals surface area contributed by atoms with Gasteiger partial charge in [0.25, 0.3) is 0 Å². The molecule has 0 amide bonds. The Morgan fingerprint density at radius 2 is 2.42 bits per heavy atom. The van der Waals surface area contributed by atoms with E-state index in [4.69, 9.17) is 16.7 Å². The molecule has 0 aliphatic rings. The third-order valence-corrected chi connectivity index (χ3v) is 1.94. The van der Waals surface area contributed by atoms with Crippen LogP contribution in [0.25, 0.3) is 5.65 Å². The molecule has 1 N–H and O–H groups in total. The van der Waals surface area contributed by atoms with Crippen LogP contribution < -0.4 is 0 Å². The van der Waals surface area contributed by atoms with E-state index in [0.29, 0.717) is 16.4 Å². The Balaban J connectivity index is 2.74. The van der Waals surface area contributed by atoms with Gasteiger partial charge in [-0.2, -0.15) is 0 Å². The van der Waals surface area contributed by atoms with Gasteiger partial charge in [-0.15, -0.1) is 0 Å². The SMILES string of the molecule is OCc1cn2cccc(Cl)c2n1. The summed E-state index contributed by atoms with van der Waals surface area (Å²) in [6, 6.07) is 3.60. The highest BCUT2D eigenvalue weighted by Gasteiger charge is 2.02. The van der Waals surface area contributed by atoms with Gasteiger partial charge in [0.15, 0.2) is 5.65 Å². The molecule has 0 aromatic carbocycles. The third-order valence-electron chi connectivity index (χ3n) is 1.65. The van der Waals surface area contributed by atoms with E-state index in [2.05, 4.69) is 4.98 Å². The molecular weight excluding hydrogens is 176 g/mol. The van der Waals surface area contributed by atoms with E-state index in [1.807, 2.05) is 12.3 Å². The van der Waals surface area contributed by atoms with Gasteiger partial charge in [-0.05, 0) is 12.1 Å². The van der Waals surface area contributed by atoms with Gasteiger partial charge in [-0.3, -0.25) is 0 Å². The summed E-state index contributed by atoms with van der Waals surface area (Å²) in [5.74, 6) is 0. The van der Waals surface area contributed by atoms with Crippen molar-refractivity contribution >= 4 is 17.2 Å². The van der Waals surface area contributed by atoms with E-state index in [0.717, 1.165) is 0 Å². The molecule has 12 heavy (non-hydrogen) atoms. The summed E-state index contributed by atoms with van der Waals surface area (Å²) >= 11 is 5.86. The summed E-state index contributed by atoms with van der Waals surface area (Å²) in [5, 5.41) is 9.41. The molecule has 2 rings (SSSR count). The first kappa shape index (κ1) is 7.58. The van der Waals surface area contributed by atoms with Crippen LogP contribution in [-0.2, 0) is 6.61 Å². The number of hydrogen-bond donors (Lipinski definition) is 1. The number of aromatic nitrogens is 2. The first-order valence-corrected chi connectivity index (χ1v) is 3.92. The standard InChI is InChI=1S/C8H7ClN2O/c9-7-2-1-3-11-4-6(5-12)10-8(7)11/h1-4,12H,5H2. The minimum Gasteiger partial charge on any atom is -0.390 e. The summed E-state index contributed by atoms with van der Waals surface area (Å²) < 4.78 is 1.79. The topological polar surface area (TPSA) is 37.5 Å². The summed E-state index contributed by atoms with van der Waals surface area (Å²) in [7, 11) is 0. The van der Waals surface area contributed by atoms with Crippen molar-refractivity contribution in [1.82, 2.24) is 9.38 Å². The van der Waals surface area contributed by atoms with E-state index < -0.39 is 0 Å². The molecule has 0 aliphatic carbocycles. The highest BCUT2D eigenvalue weighted by Crippen LogP contribution is 2.15. The van der Waals surface area contributed by atoms with Crippen molar-refractivity contribution in [2.45, 2.75) is 6.61 Å². The van der Waals surface area contributed by atoms with Crippen LogP contribution in [0, 0.1) is 0 Å². The van der Waals surface area contributed by atoms with Crippen molar-refractivity contribution < 1.29 is 5.11 Å². The molecule has 2 aromatic rings. The smallest absolute Gasteiger partial charge is 0.155 e. The van der Waals surface area contributed by atoms with Crippen molar-refractivity contribution in [1.29, 1.82) is 0 Å². The van der Waals surface area contributed by atoms with E-state index >= 15 is 0 Å². The quantitative estimate of drug-likeness (QED) is 0.726. The maximum atomic E-state index is 8.81. The molecule has 0 spiro atoms. The van der Waals surface area contributed by atoms with Crippen LogP contribution >= 0.6 is 11.6 Å². The normalized spacial score (nSPS) is 10.8. The molecule has 3 nitrogen and oxygen atoms in total. The lowest BCUT2D eigenvalue weighted by Crippen LogP contribution is -1.80.